The van der Waals surface area contributed by atoms with Crippen molar-refractivity contribution in [2.45, 2.75) is 24.9 Å². The second-order valence-corrected chi connectivity index (χ2v) is 4.99. The number of nitriles is 1. The number of thioether (sulfide) groups is 1. The molecule has 0 atom stereocenters. The van der Waals surface area contributed by atoms with Gasteiger partial charge in [-0.05, 0) is 18.4 Å². The maximum atomic E-state index is 8.88. The van der Waals surface area contributed by atoms with Crippen LogP contribution in [0.2, 0.25) is 0 Å². The van der Waals surface area contributed by atoms with Crippen molar-refractivity contribution >= 4 is 11.8 Å². The predicted octanol–water partition coefficient (Wildman–Crippen LogP) is 3.58. The average Bonchev–Trinajstić information content (AvgIpc) is 2.76. The summed E-state index contributed by atoms with van der Waals surface area (Å²) in [7, 11) is 0. The SMILES string of the molecule is Cc1nc(C#N)c(SCCCc2ccccc2)o1. The molecule has 2 rings (SSSR count). The van der Waals surface area contributed by atoms with Gasteiger partial charge < -0.3 is 4.42 Å². The lowest BCUT2D eigenvalue weighted by Crippen LogP contribution is -1.87. The Morgan fingerprint density at radius 3 is 2.83 bits per heavy atom. The summed E-state index contributed by atoms with van der Waals surface area (Å²) in [5, 5.41) is 9.52. The minimum absolute atomic E-state index is 0.400. The molecule has 0 unspecified atom stereocenters. The third kappa shape index (κ3) is 3.38. The molecule has 1 heterocycles. The van der Waals surface area contributed by atoms with Crippen molar-refractivity contribution in [3.05, 3.63) is 47.5 Å². The van der Waals surface area contributed by atoms with E-state index in [1.165, 1.54) is 5.56 Å². The molecule has 0 bridgehead atoms. The Morgan fingerprint density at radius 1 is 1.33 bits per heavy atom. The minimum Gasteiger partial charge on any atom is -0.433 e. The zero-order chi connectivity index (χ0) is 12.8. The van der Waals surface area contributed by atoms with Crippen molar-refractivity contribution < 1.29 is 4.42 Å². The highest BCUT2D eigenvalue weighted by Crippen LogP contribution is 2.24. The van der Waals surface area contributed by atoms with Crippen LogP contribution >= 0.6 is 11.8 Å². The summed E-state index contributed by atoms with van der Waals surface area (Å²) in [5.74, 6) is 1.48. The van der Waals surface area contributed by atoms with Crippen LogP contribution in [0.5, 0.6) is 0 Å². The molecule has 0 saturated heterocycles. The minimum atomic E-state index is 0.400. The van der Waals surface area contributed by atoms with Crippen molar-refractivity contribution in [1.29, 1.82) is 5.26 Å². The van der Waals surface area contributed by atoms with Crippen LogP contribution in [0.25, 0.3) is 0 Å². The van der Waals surface area contributed by atoms with Crippen molar-refractivity contribution in [2.75, 3.05) is 5.75 Å². The van der Waals surface area contributed by atoms with Gasteiger partial charge in [0.15, 0.2) is 16.7 Å². The molecule has 0 radical (unpaired) electrons. The quantitative estimate of drug-likeness (QED) is 0.607. The number of aromatic nitrogens is 1. The molecule has 0 aliphatic rings. The first-order valence-corrected chi connectivity index (χ1v) is 6.82. The Hall–Kier alpha value is -1.73. The van der Waals surface area contributed by atoms with Gasteiger partial charge in [-0.2, -0.15) is 5.26 Å². The van der Waals surface area contributed by atoms with E-state index >= 15 is 0 Å². The van der Waals surface area contributed by atoms with Gasteiger partial charge in [-0.15, -0.1) is 0 Å². The van der Waals surface area contributed by atoms with E-state index in [1.807, 2.05) is 12.1 Å². The van der Waals surface area contributed by atoms with Crippen molar-refractivity contribution in [1.82, 2.24) is 4.98 Å². The first-order valence-electron chi connectivity index (χ1n) is 5.84. The van der Waals surface area contributed by atoms with E-state index in [4.69, 9.17) is 9.68 Å². The Morgan fingerprint density at radius 2 is 2.11 bits per heavy atom. The second-order valence-electron chi connectivity index (χ2n) is 3.92. The molecule has 18 heavy (non-hydrogen) atoms. The van der Waals surface area contributed by atoms with Crippen LogP contribution in [-0.4, -0.2) is 10.7 Å². The molecule has 4 heteroatoms. The maximum Gasteiger partial charge on any atom is 0.199 e. The molecule has 0 aliphatic heterocycles. The number of rotatable bonds is 5. The average molecular weight is 258 g/mol. The Balaban J connectivity index is 1.80. The van der Waals surface area contributed by atoms with Crippen molar-refractivity contribution in [3.63, 3.8) is 0 Å². The third-order valence-electron chi connectivity index (χ3n) is 2.49. The van der Waals surface area contributed by atoms with E-state index < -0.39 is 0 Å². The van der Waals surface area contributed by atoms with Gasteiger partial charge in [0.05, 0.1) is 0 Å². The smallest absolute Gasteiger partial charge is 0.199 e. The topological polar surface area (TPSA) is 49.8 Å². The molecular formula is C14H14N2OS. The molecular weight excluding hydrogens is 244 g/mol. The van der Waals surface area contributed by atoms with Gasteiger partial charge in [0.25, 0.3) is 0 Å². The second kappa shape index (κ2) is 6.27. The summed E-state index contributed by atoms with van der Waals surface area (Å²) in [6.45, 7) is 1.76. The van der Waals surface area contributed by atoms with Crippen LogP contribution in [0.3, 0.4) is 0 Å². The van der Waals surface area contributed by atoms with Crippen LogP contribution in [0.4, 0.5) is 0 Å². The predicted molar refractivity (Wildman–Crippen MR) is 71.4 cm³/mol. The first-order chi connectivity index (χ1) is 8.79. The van der Waals surface area contributed by atoms with Crippen LogP contribution in [0.1, 0.15) is 23.6 Å². The fourth-order valence-electron chi connectivity index (χ4n) is 1.66. The highest BCUT2D eigenvalue weighted by molar-refractivity contribution is 7.99. The van der Waals surface area contributed by atoms with Crippen LogP contribution in [-0.2, 0) is 6.42 Å². The summed E-state index contributed by atoms with van der Waals surface area (Å²) in [6, 6.07) is 12.4. The molecule has 2 aromatic rings. The molecule has 92 valence electrons. The lowest BCUT2D eigenvalue weighted by Gasteiger charge is -2.00. The van der Waals surface area contributed by atoms with E-state index in [9.17, 15) is 0 Å². The molecule has 0 amide bonds. The molecule has 1 aromatic carbocycles. The van der Waals surface area contributed by atoms with E-state index in [0.717, 1.165) is 18.6 Å². The lowest BCUT2D eigenvalue weighted by molar-refractivity contribution is 0.440. The molecule has 0 saturated carbocycles. The molecule has 0 spiro atoms. The third-order valence-corrected chi connectivity index (χ3v) is 3.53. The number of hydrogen-bond donors (Lipinski definition) is 0. The van der Waals surface area contributed by atoms with Gasteiger partial charge in [0.1, 0.15) is 6.07 Å². The van der Waals surface area contributed by atoms with E-state index in [2.05, 4.69) is 29.2 Å². The monoisotopic (exact) mass is 258 g/mol. The van der Waals surface area contributed by atoms with Crippen molar-refractivity contribution in [2.24, 2.45) is 0 Å². The van der Waals surface area contributed by atoms with Gasteiger partial charge in [-0.25, -0.2) is 4.98 Å². The Kier molecular flexibility index (Phi) is 4.43. The van der Waals surface area contributed by atoms with Crippen LogP contribution < -0.4 is 0 Å². The van der Waals surface area contributed by atoms with Crippen molar-refractivity contribution in [3.8, 4) is 6.07 Å². The van der Waals surface area contributed by atoms with Gasteiger partial charge in [0.2, 0.25) is 0 Å². The van der Waals surface area contributed by atoms with E-state index in [0.29, 0.717) is 16.7 Å². The zero-order valence-electron chi connectivity index (χ0n) is 10.2. The number of benzene rings is 1. The van der Waals surface area contributed by atoms with Gasteiger partial charge in [-0.1, -0.05) is 42.1 Å². The lowest BCUT2D eigenvalue weighted by atomic mass is 10.1. The number of oxazole rings is 1. The Labute approximate surface area is 111 Å². The molecule has 0 aliphatic carbocycles. The summed E-state index contributed by atoms with van der Waals surface area (Å²) in [4.78, 5) is 4.02. The van der Waals surface area contributed by atoms with E-state index in [1.54, 1.807) is 18.7 Å². The van der Waals surface area contributed by atoms with Gasteiger partial charge >= 0.3 is 0 Å². The number of aryl methyl sites for hydroxylation is 2. The zero-order valence-corrected chi connectivity index (χ0v) is 11.0. The van der Waals surface area contributed by atoms with Gasteiger partial charge in [0, 0.05) is 12.7 Å². The highest BCUT2D eigenvalue weighted by Gasteiger charge is 2.10. The van der Waals surface area contributed by atoms with E-state index in [-0.39, 0.29) is 0 Å². The fraction of sp³-hybridized carbons (Fsp3) is 0.286. The summed E-state index contributed by atoms with van der Waals surface area (Å²) in [6.07, 6.45) is 2.10. The van der Waals surface area contributed by atoms with Crippen LogP contribution in [0.15, 0.2) is 39.8 Å². The highest BCUT2D eigenvalue weighted by atomic mass is 32.2. The normalized spacial score (nSPS) is 10.2. The van der Waals surface area contributed by atoms with Gasteiger partial charge in [-0.3, -0.25) is 0 Å². The molecule has 0 N–H and O–H groups in total. The first kappa shape index (κ1) is 12.7. The molecule has 3 nitrogen and oxygen atoms in total. The number of hydrogen-bond acceptors (Lipinski definition) is 4. The molecule has 0 fully saturated rings. The van der Waals surface area contributed by atoms with Crippen LogP contribution in [0, 0.1) is 18.3 Å². The molecule has 1 aromatic heterocycles. The Bertz CT molecular complexity index is 543. The standard InChI is InChI=1S/C14H14N2OS/c1-11-16-13(10-15)14(17-11)18-9-5-8-12-6-3-2-4-7-12/h2-4,6-7H,5,8-9H2,1H3. The number of nitrogens with zero attached hydrogens (tertiary/aromatic N) is 2. The summed E-state index contributed by atoms with van der Waals surface area (Å²) >= 11 is 1.56. The summed E-state index contributed by atoms with van der Waals surface area (Å²) < 4.78 is 5.39. The fourth-order valence-corrected chi connectivity index (χ4v) is 2.54. The summed E-state index contributed by atoms with van der Waals surface area (Å²) in [5.41, 5.74) is 1.74. The maximum absolute atomic E-state index is 8.88. The largest absolute Gasteiger partial charge is 0.433 e.